The molecule has 0 spiro atoms. The van der Waals surface area contributed by atoms with Crippen LogP contribution in [0.2, 0.25) is 10.0 Å². The highest BCUT2D eigenvalue weighted by atomic mass is 35.5. The van der Waals surface area contributed by atoms with E-state index in [0.717, 1.165) is 11.1 Å². The number of furan rings is 1. The number of carbonyl (C=O) groups is 1. The molecule has 134 valence electrons. The molecule has 0 radical (unpaired) electrons. The van der Waals surface area contributed by atoms with Gasteiger partial charge in [0, 0.05) is 21.0 Å². The summed E-state index contributed by atoms with van der Waals surface area (Å²) in [5, 5.41) is 11.2. The molecule has 0 fully saturated rings. The summed E-state index contributed by atoms with van der Waals surface area (Å²) in [6, 6.07) is 15.7. The van der Waals surface area contributed by atoms with E-state index in [4.69, 9.17) is 27.6 Å². The molecule has 2 aromatic heterocycles. The van der Waals surface area contributed by atoms with Crippen LogP contribution in [0.1, 0.15) is 15.9 Å². The zero-order valence-electron chi connectivity index (χ0n) is 14.2. The Morgan fingerprint density at radius 3 is 2.37 bits per heavy atom. The van der Waals surface area contributed by atoms with Gasteiger partial charge >= 0.3 is 5.97 Å². The first-order valence-electron chi connectivity index (χ1n) is 8.12. The van der Waals surface area contributed by atoms with Crippen molar-refractivity contribution in [3.63, 3.8) is 0 Å². The number of hydrogen-bond donors (Lipinski definition) is 1. The van der Waals surface area contributed by atoms with Crippen molar-refractivity contribution in [2.24, 2.45) is 0 Å². The lowest BCUT2D eigenvalue weighted by atomic mass is 10.0. The second kappa shape index (κ2) is 6.72. The molecule has 4 aromatic rings. The van der Waals surface area contributed by atoms with E-state index in [9.17, 15) is 9.90 Å². The number of pyridine rings is 1. The van der Waals surface area contributed by atoms with Crippen LogP contribution in [0.4, 0.5) is 0 Å². The summed E-state index contributed by atoms with van der Waals surface area (Å²) in [6.07, 6.45) is 0. The lowest BCUT2D eigenvalue weighted by Crippen LogP contribution is -2.00. The van der Waals surface area contributed by atoms with Crippen molar-refractivity contribution in [2.75, 3.05) is 0 Å². The molecule has 0 aliphatic carbocycles. The Balaban J connectivity index is 1.84. The van der Waals surface area contributed by atoms with E-state index in [1.54, 1.807) is 36.4 Å². The zero-order valence-corrected chi connectivity index (χ0v) is 15.7. The van der Waals surface area contributed by atoms with Gasteiger partial charge in [0.15, 0.2) is 5.76 Å². The van der Waals surface area contributed by atoms with Crippen molar-refractivity contribution in [1.82, 2.24) is 4.98 Å². The van der Waals surface area contributed by atoms with Crippen molar-refractivity contribution < 1.29 is 14.3 Å². The van der Waals surface area contributed by atoms with Gasteiger partial charge in [-0.15, -0.1) is 0 Å². The molecular weight excluding hydrogens is 385 g/mol. The minimum atomic E-state index is -1.01. The maximum absolute atomic E-state index is 11.7. The number of aromatic nitrogens is 1. The summed E-state index contributed by atoms with van der Waals surface area (Å²) < 4.78 is 5.90. The summed E-state index contributed by atoms with van der Waals surface area (Å²) in [6.45, 7) is 1.91. The van der Waals surface area contributed by atoms with Crippen LogP contribution in [0.5, 0.6) is 0 Å². The summed E-state index contributed by atoms with van der Waals surface area (Å²) in [5.41, 5.74) is 2.93. The van der Waals surface area contributed by atoms with E-state index < -0.39 is 5.97 Å². The summed E-state index contributed by atoms with van der Waals surface area (Å²) in [5.74, 6) is 0.0193. The van der Waals surface area contributed by atoms with Gasteiger partial charge in [-0.2, -0.15) is 0 Å². The maximum Gasteiger partial charge on any atom is 0.336 e. The lowest BCUT2D eigenvalue weighted by molar-refractivity contribution is 0.0699. The molecule has 0 bridgehead atoms. The average Bonchev–Trinajstić information content (AvgIpc) is 3.10. The van der Waals surface area contributed by atoms with Crippen molar-refractivity contribution in [2.45, 2.75) is 6.92 Å². The molecule has 0 atom stereocenters. The summed E-state index contributed by atoms with van der Waals surface area (Å²) in [4.78, 5) is 16.3. The fourth-order valence-corrected chi connectivity index (χ4v) is 3.50. The van der Waals surface area contributed by atoms with Gasteiger partial charge in [-0.3, -0.25) is 0 Å². The van der Waals surface area contributed by atoms with E-state index in [2.05, 4.69) is 4.98 Å². The highest BCUT2D eigenvalue weighted by molar-refractivity contribution is 6.35. The van der Waals surface area contributed by atoms with Gasteiger partial charge in [0.1, 0.15) is 11.5 Å². The van der Waals surface area contributed by atoms with Gasteiger partial charge < -0.3 is 9.52 Å². The second-order valence-electron chi connectivity index (χ2n) is 6.20. The highest BCUT2D eigenvalue weighted by Gasteiger charge is 2.16. The lowest BCUT2D eigenvalue weighted by Gasteiger charge is -2.06. The molecule has 2 heterocycles. The van der Waals surface area contributed by atoms with Crippen LogP contribution in [0.25, 0.3) is 33.7 Å². The maximum atomic E-state index is 11.7. The van der Waals surface area contributed by atoms with Gasteiger partial charge in [-0.1, -0.05) is 34.8 Å². The Labute approximate surface area is 165 Å². The van der Waals surface area contributed by atoms with Crippen molar-refractivity contribution in [3.8, 4) is 22.8 Å². The minimum absolute atomic E-state index is 0.183. The van der Waals surface area contributed by atoms with Gasteiger partial charge in [-0.05, 0) is 55.5 Å². The Morgan fingerprint density at radius 2 is 1.67 bits per heavy atom. The van der Waals surface area contributed by atoms with Crippen LogP contribution in [-0.4, -0.2) is 16.1 Å². The molecule has 0 unspecified atom stereocenters. The smallest absolute Gasteiger partial charge is 0.336 e. The number of fused-ring (bicyclic) bond motifs is 1. The molecule has 6 heteroatoms. The number of aromatic carboxylic acids is 1. The third-order valence-electron chi connectivity index (χ3n) is 4.20. The van der Waals surface area contributed by atoms with E-state index in [1.165, 1.54) is 6.07 Å². The summed E-state index contributed by atoms with van der Waals surface area (Å²) >= 11 is 12.1. The fraction of sp³-hybridized carbons (Fsp3) is 0.0476. The Kier molecular flexibility index (Phi) is 4.38. The Bertz CT molecular complexity index is 1180. The normalized spacial score (nSPS) is 11.1. The molecule has 4 rings (SSSR count). The molecular formula is C21H13Cl2NO3. The Hall–Kier alpha value is -2.82. The predicted octanol–water partition coefficient (Wildman–Crippen LogP) is 6.48. The number of benzene rings is 2. The van der Waals surface area contributed by atoms with Crippen molar-refractivity contribution in [1.29, 1.82) is 0 Å². The summed E-state index contributed by atoms with van der Waals surface area (Å²) in [7, 11) is 0. The second-order valence-corrected chi connectivity index (χ2v) is 7.08. The molecule has 0 aliphatic rings. The largest absolute Gasteiger partial charge is 0.478 e. The number of carboxylic acid groups (broad SMARTS) is 1. The first-order chi connectivity index (χ1) is 12.9. The van der Waals surface area contributed by atoms with Crippen LogP contribution >= 0.6 is 23.2 Å². The van der Waals surface area contributed by atoms with Gasteiger partial charge in [0.2, 0.25) is 0 Å². The van der Waals surface area contributed by atoms with Crippen LogP contribution < -0.4 is 0 Å². The van der Waals surface area contributed by atoms with Crippen molar-refractivity contribution >= 4 is 40.1 Å². The molecule has 0 aliphatic heterocycles. The third-order valence-corrected chi connectivity index (χ3v) is 4.64. The Morgan fingerprint density at radius 1 is 0.963 bits per heavy atom. The fourth-order valence-electron chi connectivity index (χ4n) is 2.97. The van der Waals surface area contributed by atoms with Gasteiger partial charge in [0.25, 0.3) is 0 Å². The molecule has 0 amide bonds. The highest BCUT2D eigenvalue weighted by Crippen LogP contribution is 2.33. The monoisotopic (exact) mass is 397 g/mol. The third kappa shape index (κ3) is 3.42. The number of hydrogen-bond acceptors (Lipinski definition) is 3. The van der Waals surface area contributed by atoms with Crippen LogP contribution in [-0.2, 0) is 0 Å². The number of aryl methyl sites for hydroxylation is 1. The molecule has 4 nitrogen and oxygen atoms in total. The quantitative estimate of drug-likeness (QED) is 0.429. The average molecular weight is 398 g/mol. The van der Waals surface area contributed by atoms with E-state index in [-0.39, 0.29) is 5.56 Å². The van der Waals surface area contributed by atoms with Crippen molar-refractivity contribution in [3.05, 3.63) is 75.8 Å². The molecule has 27 heavy (non-hydrogen) atoms. The van der Waals surface area contributed by atoms with Crippen LogP contribution in [0.3, 0.4) is 0 Å². The minimum Gasteiger partial charge on any atom is -0.478 e. The predicted molar refractivity (Wildman–Crippen MR) is 107 cm³/mol. The zero-order chi connectivity index (χ0) is 19.1. The molecule has 0 saturated carbocycles. The van der Waals surface area contributed by atoms with Gasteiger partial charge in [0.05, 0.1) is 11.1 Å². The first-order valence-corrected chi connectivity index (χ1v) is 8.88. The van der Waals surface area contributed by atoms with Crippen LogP contribution in [0.15, 0.2) is 59.0 Å². The number of nitrogens with zero attached hydrogens (tertiary/aromatic N) is 1. The number of halogens is 2. The number of rotatable bonds is 3. The number of carboxylic acids is 1. The van der Waals surface area contributed by atoms with E-state index >= 15 is 0 Å². The first kappa shape index (κ1) is 17.6. The molecule has 0 saturated heterocycles. The topological polar surface area (TPSA) is 63.3 Å². The van der Waals surface area contributed by atoms with Crippen LogP contribution in [0, 0.1) is 6.92 Å². The van der Waals surface area contributed by atoms with E-state index in [0.29, 0.717) is 38.2 Å². The SMILES string of the molecule is Cc1ccc2nc(-c3ccc(-c4cc(Cl)cc(Cl)c4)o3)cc(C(=O)O)c2c1. The standard InChI is InChI=1S/C21H13Cl2NO3/c1-11-2-3-17-15(6-11)16(21(25)26)10-18(24-17)20-5-4-19(27-20)12-7-13(22)9-14(23)8-12/h2-10H,1H3,(H,25,26). The molecule has 1 N–H and O–H groups in total. The van der Waals surface area contributed by atoms with Gasteiger partial charge in [-0.25, -0.2) is 9.78 Å². The van der Waals surface area contributed by atoms with E-state index in [1.807, 2.05) is 19.1 Å². The molecule has 2 aromatic carbocycles.